The van der Waals surface area contributed by atoms with E-state index in [4.69, 9.17) is 0 Å². The van der Waals surface area contributed by atoms with E-state index in [2.05, 4.69) is 74.4 Å². The first-order valence-corrected chi connectivity index (χ1v) is 11.8. The van der Waals surface area contributed by atoms with E-state index < -0.39 is 0 Å². The minimum Gasteiger partial charge on any atom is -0.368 e. The van der Waals surface area contributed by atoms with E-state index >= 15 is 0 Å². The van der Waals surface area contributed by atoms with Gasteiger partial charge in [-0.2, -0.15) is 0 Å². The third-order valence-corrected chi connectivity index (χ3v) is 6.67. The maximum Gasteiger partial charge on any atom is 0.148 e. The van der Waals surface area contributed by atoms with Crippen molar-refractivity contribution in [3.8, 4) is 22.5 Å². The number of hydrogen-bond acceptors (Lipinski definition) is 5. The fourth-order valence-electron chi connectivity index (χ4n) is 4.15. The monoisotopic (exact) mass is 426 g/mol. The Bertz CT molecular complexity index is 1160. The molecule has 0 saturated heterocycles. The number of nitrogens with one attached hydrogen (secondary N) is 1. The lowest BCUT2D eigenvalue weighted by Crippen LogP contribution is -2.07. The summed E-state index contributed by atoms with van der Waals surface area (Å²) in [6.45, 7) is 2.86. The molecule has 0 saturated carbocycles. The third-order valence-electron chi connectivity index (χ3n) is 5.90. The highest BCUT2D eigenvalue weighted by Crippen LogP contribution is 2.26. The van der Waals surface area contributed by atoms with Crippen LogP contribution in [0.25, 0.3) is 22.5 Å². The molecule has 0 radical (unpaired) electrons. The van der Waals surface area contributed by atoms with Crippen LogP contribution in [0.5, 0.6) is 0 Å². The number of fused-ring (bicyclic) bond motifs is 1. The lowest BCUT2D eigenvalue weighted by atomic mass is 9.90. The SMILES string of the molecule is Cc1nc(-c2ccc(CCNc3ccc(-c4ccc5c(c4)CCCC5)nn3)cc2)cs1. The van der Waals surface area contributed by atoms with Gasteiger partial charge in [0, 0.05) is 23.1 Å². The Labute approximate surface area is 187 Å². The van der Waals surface area contributed by atoms with E-state index in [0.717, 1.165) is 40.7 Å². The first-order valence-electron chi connectivity index (χ1n) is 11.0. The number of aryl methyl sites for hydroxylation is 3. The van der Waals surface area contributed by atoms with Crippen molar-refractivity contribution in [3.63, 3.8) is 0 Å². The Morgan fingerprint density at radius 3 is 2.39 bits per heavy atom. The van der Waals surface area contributed by atoms with Crippen LogP contribution >= 0.6 is 11.3 Å². The topological polar surface area (TPSA) is 50.7 Å². The molecule has 1 aliphatic carbocycles. The summed E-state index contributed by atoms with van der Waals surface area (Å²) in [6.07, 6.45) is 5.92. The summed E-state index contributed by atoms with van der Waals surface area (Å²) in [5.74, 6) is 0.816. The standard InChI is InChI=1S/C26H26N4S/c1-18-28-25(17-31-18)21-8-6-19(7-9-21)14-15-27-26-13-12-24(29-30-26)23-11-10-20-4-2-3-5-22(20)16-23/h6-13,16-17H,2-5,14-15H2,1H3,(H,27,30). The van der Waals surface area contributed by atoms with E-state index in [-0.39, 0.29) is 0 Å². The van der Waals surface area contributed by atoms with Crippen molar-refractivity contribution in [1.29, 1.82) is 0 Å². The van der Waals surface area contributed by atoms with Crippen molar-refractivity contribution >= 4 is 17.2 Å². The molecule has 4 aromatic rings. The number of thiazole rings is 1. The largest absolute Gasteiger partial charge is 0.368 e. The van der Waals surface area contributed by atoms with Gasteiger partial charge in [0.15, 0.2) is 0 Å². The molecule has 156 valence electrons. The number of nitrogens with zero attached hydrogens (tertiary/aromatic N) is 3. The molecule has 5 rings (SSSR count). The molecule has 2 aromatic carbocycles. The summed E-state index contributed by atoms with van der Waals surface area (Å²) < 4.78 is 0. The molecule has 2 aromatic heterocycles. The zero-order valence-electron chi connectivity index (χ0n) is 17.8. The number of hydrogen-bond donors (Lipinski definition) is 1. The Morgan fingerprint density at radius 1 is 0.839 bits per heavy atom. The Kier molecular flexibility index (Phi) is 5.76. The predicted molar refractivity (Wildman–Crippen MR) is 129 cm³/mol. The van der Waals surface area contributed by atoms with E-state index in [0.29, 0.717) is 0 Å². The molecule has 4 nitrogen and oxygen atoms in total. The average molecular weight is 427 g/mol. The molecule has 0 bridgehead atoms. The number of benzene rings is 2. The maximum atomic E-state index is 4.55. The maximum absolute atomic E-state index is 4.55. The molecular formula is C26H26N4S. The minimum absolute atomic E-state index is 0.816. The van der Waals surface area contributed by atoms with Crippen molar-refractivity contribution in [3.05, 3.63) is 81.7 Å². The first kappa shape index (κ1) is 19.9. The van der Waals surface area contributed by atoms with Gasteiger partial charge in [-0.3, -0.25) is 0 Å². The number of rotatable bonds is 6. The lowest BCUT2D eigenvalue weighted by Gasteiger charge is -2.16. The van der Waals surface area contributed by atoms with Crippen LogP contribution in [-0.4, -0.2) is 21.7 Å². The highest BCUT2D eigenvalue weighted by Gasteiger charge is 2.11. The van der Waals surface area contributed by atoms with Crippen molar-refractivity contribution in [2.75, 3.05) is 11.9 Å². The van der Waals surface area contributed by atoms with Gasteiger partial charge in [0.25, 0.3) is 0 Å². The Balaban J connectivity index is 1.17. The third kappa shape index (κ3) is 4.67. The normalized spacial score (nSPS) is 13.1. The van der Waals surface area contributed by atoms with Gasteiger partial charge < -0.3 is 5.32 Å². The summed E-state index contributed by atoms with van der Waals surface area (Å²) >= 11 is 1.69. The van der Waals surface area contributed by atoms with Crippen LogP contribution in [0.1, 0.15) is 34.5 Å². The van der Waals surface area contributed by atoms with Gasteiger partial charge in [0.1, 0.15) is 5.82 Å². The van der Waals surface area contributed by atoms with Crippen LogP contribution in [0.3, 0.4) is 0 Å². The van der Waals surface area contributed by atoms with Gasteiger partial charge in [-0.05, 0) is 73.9 Å². The van der Waals surface area contributed by atoms with Gasteiger partial charge in [-0.25, -0.2) is 4.98 Å². The second-order valence-electron chi connectivity index (χ2n) is 8.12. The molecule has 31 heavy (non-hydrogen) atoms. The molecule has 0 spiro atoms. The molecule has 2 heterocycles. The lowest BCUT2D eigenvalue weighted by molar-refractivity contribution is 0.686. The van der Waals surface area contributed by atoms with Crippen molar-refractivity contribution in [2.24, 2.45) is 0 Å². The van der Waals surface area contributed by atoms with Crippen molar-refractivity contribution in [2.45, 2.75) is 39.0 Å². The van der Waals surface area contributed by atoms with Crippen LogP contribution in [-0.2, 0) is 19.3 Å². The van der Waals surface area contributed by atoms with Crippen LogP contribution in [0, 0.1) is 6.92 Å². The molecule has 0 fully saturated rings. The minimum atomic E-state index is 0.816. The van der Waals surface area contributed by atoms with Crippen LogP contribution in [0.2, 0.25) is 0 Å². The fourth-order valence-corrected chi connectivity index (χ4v) is 4.77. The van der Waals surface area contributed by atoms with Crippen molar-refractivity contribution < 1.29 is 0 Å². The second-order valence-corrected chi connectivity index (χ2v) is 9.18. The zero-order chi connectivity index (χ0) is 21.0. The number of anilines is 1. The quantitative estimate of drug-likeness (QED) is 0.404. The summed E-state index contributed by atoms with van der Waals surface area (Å²) in [5.41, 5.74) is 8.59. The van der Waals surface area contributed by atoms with Gasteiger partial charge in [-0.1, -0.05) is 36.4 Å². The van der Waals surface area contributed by atoms with Gasteiger partial charge in [0.05, 0.1) is 16.4 Å². The Hall–Kier alpha value is -3.05. The zero-order valence-corrected chi connectivity index (χ0v) is 18.6. The summed E-state index contributed by atoms with van der Waals surface area (Å²) in [7, 11) is 0. The molecule has 0 aliphatic heterocycles. The smallest absolute Gasteiger partial charge is 0.148 e. The summed E-state index contributed by atoms with van der Waals surface area (Å²) in [4.78, 5) is 4.55. The van der Waals surface area contributed by atoms with Crippen molar-refractivity contribution in [1.82, 2.24) is 15.2 Å². The molecule has 5 heteroatoms. The summed E-state index contributed by atoms with van der Waals surface area (Å²) in [5, 5.41) is 15.4. The van der Waals surface area contributed by atoms with Crippen LogP contribution in [0.15, 0.2) is 60.0 Å². The molecular weight excluding hydrogens is 400 g/mol. The average Bonchev–Trinajstić information content (AvgIpc) is 3.26. The second kappa shape index (κ2) is 8.98. The Morgan fingerprint density at radius 2 is 1.65 bits per heavy atom. The van der Waals surface area contributed by atoms with E-state index in [1.807, 2.05) is 13.0 Å². The van der Waals surface area contributed by atoms with Gasteiger partial charge in [-0.15, -0.1) is 21.5 Å². The first-order chi connectivity index (χ1) is 15.2. The number of aromatic nitrogens is 3. The molecule has 1 aliphatic rings. The van der Waals surface area contributed by atoms with Crippen LogP contribution < -0.4 is 5.32 Å². The van der Waals surface area contributed by atoms with Gasteiger partial charge in [0.2, 0.25) is 0 Å². The molecule has 1 N–H and O–H groups in total. The van der Waals surface area contributed by atoms with Gasteiger partial charge >= 0.3 is 0 Å². The molecule has 0 amide bonds. The van der Waals surface area contributed by atoms with E-state index in [1.54, 1.807) is 11.3 Å². The highest BCUT2D eigenvalue weighted by molar-refractivity contribution is 7.09. The molecule has 0 atom stereocenters. The predicted octanol–water partition coefficient (Wildman–Crippen LogP) is 6.11. The highest BCUT2D eigenvalue weighted by atomic mass is 32.1. The van der Waals surface area contributed by atoms with E-state index in [9.17, 15) is 0 Å². The van der Waals surface area contributed by atoms with Crippen LogP contribution in [0.4, 0.5) is 5.82 Å². The summed E-state index contributed by atoms with van der Waals surface area (Å²) in [6, 6.07) is 19.5. The van der Waals surface area contributed by atoms with E-state index in [1.165, 1.54) is 47.9 Å². The fraction of sp³-hybridized carbons (Fsp3) is 0.269. The molecule has 0 unspecified atom stereocenters.